The number of alkyl carbamates (subject to hydrolysis) is 1. The highest BCUT2D eigenvalue weighted by Crippen LogP contribution is 2.38. The second-order valence-electron chi connectivity index (χ2n) is 9.10. The van der Waals surface area contributed by atoms with E-state index < -0.39 is 30.0 Å². The van der Waals surface area contributed by atoms with Crippen molar-refractivity contribution >= 4 is 25.6 Å². The van der Waals surface area contributed by atoms with Crippen molar-refractivity contribution in [2.75, 3.05) is 6.54 Å². The van der Waals surface area contributed by atoms with Gasteiger partial charge >= 0.3 is 13.2 Å². The molecule has 2 rings (SSSR count). The number of phenols is 1. The van der Waals surface area contributed by atoms with Crippen LogP contribution in [0.25, 0.3) is 6.08 Å². The van der Waals surface area contributed by atoms with Crippen molar-refractivity contribution in [3.05, 3.63) is 34.8 Å². The summed E-state index contributed by atoms with van der Waals surface area (Å²) in [6.07, 6.45) is 1.80. The Balaban J connectivity index is 2.31. The van der Waals surface area contributed by atoms with Gasteiger partial charge in [0.2, 0.25) is 0 Å². The Morgan fingerprint density at radius 3 is 2.31 bits per heavy atom. The molecule has 1 amide bonds. The molecule has 0 radical (unpaired) electrons. The van der Waals surface area contributed by atoms with E-state index in [2.05, 4.69) is 5.32 Å². The van der Waals surface area contributed by atoms with Crippen LogP contribution in [0, 0.1) is 0 Å². The van der Waals surface area contributed by atoms with Gasteiger partial charge in [0.15, 0.2) is 6.29 Å². The summed E-state index contributed by atoms with van der Waals surface area (Å²) >= 11 is 0. The SMILES string of the molecule is CC(C)(C)OC(=O)NCC(=Cc1ccc(O)c(C=O)c1)B1OC(C)(C)C(C)(C)O1. The maximum Gasteiger partial charge on any atom is 0.492 e. The average Bonchev–Trinajstić information content (AvgIpc) is 2.79. The van der Waals surface area contributed by atoms with Crippen LogP contribution >= 0.6 is 0 Å². The molecule has 0 aliphatic carbocycles. The van der Waals surface area contributed by atoms with E-state index in [9.17, 15) is 14.7 Å². The normalized spacial score (nSPS) is 18.4. The Labute approximate surface area is 172 Å². The van der Waals surface area contributed by atoms with Gasteiger partial charge in [-0.2, -0.15) is 0 Å². The second-order valence-corrected chi connectivity index (χ2v) is 9.10. The molecule has 1 aliphatic rings. The van der Waals surface area contributed by atoms with Gasteiger partial charge < -0.3 is 24.5 Å². The quantitative estimate of drug-likeness (QED) is 0.575. The molecule has 7 nitrogen and oxygen atoms in total. The third-order valence-electron chi connectivity index (χ3n) is 4.92. The van der Waals surface area contributed by atoms with Gasteiger partial charge in [-0.3, -0.25) is 4.79 Å². The lowest BCUT2D eigenvalue weighted by Crippen LogP contribution is -2.41. The average molecular weight is 403 g/mol. The molecule has 1 aliphatic heterocycles. The Kier molecular flexibility index (Phi) is 6.50. The zero-order valence-electron chi connectivity index (χ0n) is 18.2. The van der Waals surface area contributed by atoms with Crippen LogP contribution in [0.4, 0.5) is 4.79 Å². The Morgan fingerprint density at radius 1 is 1.21 bits per heavy atom. The molecule has 0 spiro atoms. The minimum absolute atomic E-state index is 0.0961. The first kappa shape index (κ1) is 23.0. The predicted octanol–water partition coefficient (Wildman–Crippen LogP) is 3.74. The lowest BCUT2D eigenvalue weighted by Gasteiger charge is -2.32. The molecule has 1 heterocycles. The number of rotatable bonds is 5. The number of aldehydes is 1. The maximum absolute atomic E-state index is 12.1. The number of hydrogen-bond acceptors (Lipinski definition) is 6. The number of carbonyl (C=O) groups is 2. The molecular weight excluding hydrogens is 373 g/mol. The van der Waals surface area contributed by atoms with Crippen molar-refractivity contribution in [1.82, 2.24) is 5.32 Å². The Hall–Kier alpha value is -2.32. The van der Waals surface area contributed by atoms with Gasteiger partial charge in [0.05, 0.1) is 16.8 Å². The number of aromatic hydroxyl groups is 1. The van der Waals surface area contributed by atoms with E-state index in [0.717, 1.165) is 0 Å². The summed E-state index contributed by atoms with van der Waals surface area (Å²) in [7, 11) is -0.691. The van der Waals surface area contributed by atoms with Crippen molar-refractivity contribution in [3.8, 4) is 5.75 Å². The first-order valence-electron chi connectivity index (χ1n) is 9.55. The predicted molar refractivity (Wildman–Crippen MR) is 112 cm³/mol. The number of benzene rings is 1. The lowest BCUT2D eigenvalue weighted by molar-refractivity contribution is 0.00578. The van der Waals surface area contributed by atoms with Crippen molar-refractivity contribution < 1.29 is 28.7 Å². The third-order valence-corrected chi connectivity index (χ3v) is 4.92. The standard InChI is InChI=1S/C21H30BNO6/c1-19(2,3)27-18(26)23-12-16(22-28-20(4,5)21(6,7)29-22)11-14-8-9-17(25)15(10-14)13-24/h8-11,13,25H,12H2,1-7H3,(H,23,26). The molecule has 2 N–H and O–H groups in total. The first-order chi connectivity index (χ1) is 13.2. The molecule has 0 aromatic heterocycles. The summed E-state index contributed by atoms with van der Waals surface area (Å²) in [4.78, 5) is 23.2. The smallest absolute Gasteiger partial charge is 0.492 e. The second kappa shape index (κ2) is 8.20. The zero-order chi connectivity index (χ0) is 22.0. The molecular formula is C21H30BNO6. The number of ether oxygens (including phenoxy) is 1. The molecule has 158 valence electrons. The van der Waals surface area contributed by atoms with E-state index >= 15 is 0 Å². The minimum Gasteiger partial charge on any atom is -0.507 e. The summed E-state index contributed by atoms with van der Waals surface area (Å²) in [5.41, 5.74) is -0.226. The fraction of sp³-hybridized carbons (Fsp3) is 0.524. The summed E-state index contributed by atoms with van der Waals surface area (Å²) in [5.74, 6) is -0.0961. The molecule has 29 heavy (non-hydrogen) atoms. The van der Waals surface area contributed by atoms with Crippen molar-refractivity contribution in [2.24, 2.45) is 0 Å². The van der Waals surface area contributed by atoms with Gasteiger partial charge in [-0.1, -0.05) is 12.1 Å². The van der Waals surface area contributed by atoms with Gasteiger partial charge in [0.1, 0.15) is 11.4 Å². The Bertz CT molecular complexity index is 794. The van der Waals surface area contributed by atoms with Crippen LogP contribution in [0.1, 0.15) is 64.4 Å². The highest BCUT2D eigenvalue weighted by atomic mass is 16.7. The van der Waals surface area contributed by atoms with Gasteiger partial charge in [-0.05, 0) is 71.6 Å². The molecule has 1 aromatic rings. The number of carbonyl (C=O) groups excluding carboxylic acids is 2. The van der Waals surface area contributed by atoms with Gasteiger partial charge in [0.25, 0.3) is 0 Å². The zero-order valence-corrected chi connectivity index (χ0v) is 18.2. The van der Waals surface area contributed by atoms with Crippen molar-refractivity contribution in [3.63, 3.8) is 0 Å². The summed E-state index contributed by atoms with van der Waals surface area (Å²) < 4.78 is 17.5. The maximum atomic E-state index is 12.1. The first-order valence-corrected chi connectivity index (χ1v) is 9.55. The number of phenolic OH excluding ortho intramolecular Hbond substituents is 1. The van der Waals surface area contributed by atoms with Crippen LogP contribution < -0.4 is 5.32 Å². The lowest BCUT2D eigenvalue weighted by atomic mass is 9.77. The van der Waals surface area contributed by atoms with Gasteiger partial charge in [0, 0.05) is 6.54 Å². The van der Waals surface area contributed by atoms with E-state index in [4.69, 9.17) is 14.0 Å². The van der Waals surface area contributed by atoms with E-state index in [0.29, 0.717) is 17.3 Å². The van der Waals surface area contributed by atoms with E-state index in [-0.39, 0.29) is 17.9 Å². The minimum atomic E-state index is -0.691. The number of nitrogens with one attached hydrogen (secondary N) is 1. The molecule has 1 aromatic carbocycles. The largest absolute Gasteiger partial charge is 0.507 e. The van der Waals surface area contributed by atoms with Crippen LogP contribution in [0.15, 0.2) is 23.7 Å². The summed E-state index contributed by atoms with van der Waals surface area (Å²) in [6, 6.07) is 4.67. The van der Waals surface area contributed by atoms with Crippen LogP contribution in [0.5, 0.6) is 5.75 Å². The van der Waals surface area contributed by atoms with Crippen molar-refractivity contribution in [1.29, 1.82) is 0 Å². The van der Waals surface area contributed by atoms with Crippen LogP contribution in [0.2, 0.25) is 0 Å². The fourth-order valence-electron chi connectivity index (χ4n) is 2.66. The number of amides is 1. The molecule has 0 atom stereocenters. The highest BCUT2D eigenvalue weighted by molar-refractivity contribution is 6.56. The molecule has 0 unspecified atom stereocenters. The molecule has 0 saturated carbocycles. The molecule has 0 bridgehead atoms. The van der Waals surface area contributed by atoms with Crippen molar-refractivity contribution in [2.45, 2.75) is 65.3 Å². The van der Waals surface area contributed by atoms with Crippen LogP contribution in [-0.2, 0) is 14.0 Å². The van der Waals surface area contributed by atoms with E-state index in [1.165, 1.54) is 6.07 Å². The molecule has 1 fully saturated rings. The fourth-order valence-corrected chi connectivity index (χ4v) is 2.66. The Morgan fingerprint density at radius 2 is 1.79 bits per heavy atom. The molecule has 1 saturated heterocycles. The number of hydrogen-bond donors (Lipinski definition) is 2. The highest BCUT2D eigenvalue weighted by Gasteiger charge is 2.52. The van der Waals surface area contributed by atoms with E-state index in [1.54, 1.807) is 39.0 Å². The van der Waals surface area contributed by atoms with Gasteiger partial charge in [-0.25, -0.2) is 4.79 Å². The summed E-state index contributed by atoms with van der Waals surface area (Å²) in [5, 5.41) is 12.5. The summed E-state index contributed by atoms with van der Waals surface area (Å²) in [6.45, 7) is 13.3. The van der Waals surface area contributed by atoms with E-state index in [1.807, 2.05) is 27.7 Å². The topological polar surface area (TPSA) is 94.1 Å². The van der Waals surface area contributed by atoms with Crippen LogP contribution in [-0.4, -0.2) is 48.0 Å². The third kappa shape index (κ3) is 5.84. The van der Waals surface area contributed by atoms with Gasteiger partial charge in [-0.15, -0.1) is 0 Å². The molecule has 8 heteroatoms. The van der Waals surface area contributed by atoms with Crippen LogP contribution in [0.3, 0.4) is 0 Å². The monoisotopic (exact) mass is 403 g/mol.